The van der Waals surface area contributed by atoms with E-state index in [0.717, 1.165) is 11.5 Å². The van der Waals surface area contributed by atoms with Crippen LogP contribution < -0.4 is 5.73 Å². The molecule has 0 aliphatic carbocycles. The van der Waals surface area contributed by atoms with E-state index in [-0.39, 0.29) is 12.0 Å². The Morgan fingerprint density at radius 1 is 1.41 bits per heavy atom. The molecule has 7 heteroatoms. The molecule has 1 saturated heterocycles. The molecular weight excluding hydrogens is 238 g/mol. The fourth-order valence-corrected chi connectivity index (χ4v) is 3.02. The maximum absolute atomic E-state index is 5.98. The number of nitrogens with two attached hydrogens (primary N) is 1. The lowest BCUT2D eigenvalue weighted by molar-refractivity contribution is 0.352. The highest BCUT2D eigenvalue weighted by molar-refractivity contribution is 7.99. The summed E-state index contributed by atoms with van der Waals surface area (Å²) in [6.45, 7) is 0. The third-order valence-electron chi connectivity index (χ3n) is 2.69. The molecule has 1 aliphatic rings. The third kappa shape index (κ3) is 2.03. The first-order valence-corrected chi connectivity index (χ1v) is 6.43. The van der Waals surface area contributed by atoms with Gasteiger partial charge in [-0.05, 0) is 6.07 Å². The van der Waals surface area contributed by atoms with Gasteiger partial charge in [-0.15, -0.1) is 0 Å². The number of hydrogen-bond donors (Lipinski definition) is 1. The van der Waals surface area contributed by atoms with Gasteiger partial charge >= 0.3 is 0 Å². The monoisotopic (exact) mass is 249 g/mol. The molecule has 17 heavy (non-hydrogen) atoms. The van der Waals surface area contributed by atoms with Crippen molar-refractivity contribution in [1.82, 2.24) is 20.1 Å². The zero-order valence-electron chi connectivity index (χ0n) is 8.98. The first kappa shape index (κ1) is 10.7. The lowest BCUT2D eigenvalue weighted by atomic mass is 10.1. The average molecular weight is 249 g/mol. The van der Waals surface area contributed by atoms with Crippen LogP contribution >= 0.6 is 11.8 Å². The highest BCUT2D eigenvalue weighted by Crippen LogP contribution is 2.31. The summed E-state index contributed by atoms with van der Waals surface area (Å²) in [6, 6.07) is 1.84. The summed E-state index contributed by atoms with van der Waals surface area (Å²) in [5.41, 5.74) is 6.65. The lowest BCUT2D eigenvalue weighted by Crippen LogP contribution is -2.26. The molecular formula is C10H11N5OS. The van der Waals surface area contributed by atoms with Crippen LogP contribution in [0.1, 0.15) is 11.8 Å². The number of aromatic nitrogens is 4. The zero-order chi connectivity index (χ0) is 11.7. The van der Waals surface area contributed by atoms with E-state index < -0.39 is 0 Å². The van der Waals surface area contributed by atoms with E-state index in [1.807, 2.05) is 11.8 Å². The number of hydrogen-bond acceptors (Lipinski definition) is 7. The molecule has 88 valence electrons. The Hall–Kier alpha value is -1.47. The van der Waals surface area contributed by atoms with Gasteiger partial charge < -0.3 is 10.3 Å². The number of nitrogens with zero attached hydrogens (tertiary/aromatic N) is 4. The summed E-state index contributed by atoms with van der Waals surface area (Å²) in [4.78, 5) is 12.3. The first-order valence-electron chi connectivity index (χ1n) is 5.28. The standard InChI is InChI=1S/C10H11N5OS/c11-7-4-17-3-6(7)10-14-9(15-16-10)8-1-2-12-5-13-8/h1-2,5-7H,3-4,11H2. The van der Waals surface area contributed by atoms with Gasteiger partial charge in [0.1, 0.15) is 12.0 Å². The highest BCUT2D eigenvalue weighted by atomic mass is 32.2. The molecule has 0 aromatic carbocycles. The molecule has 2 aromatic heterocycles. The van der Waals surface area contributed by atoms with Crippen molar-refractivity contribution in [2.75, 3.05) is 11.5 Å². The molecule has 0 saturated carbocycles. The van der Waals surface area contributed by atoms with Crippen LogP contribution in [0.25, 0.3) is 11.5 Å². The van der Waals surface area contributed by atoms with Gasteiger partial charge in [-0.25, -0.2) is 9.97 Å². The van der Waals surface area contributed by atoms with Crippen LogP contribution in [-0.4, -0.2) is 37.7 Å². The molecule has 3 heterocycles. The molecule has 0 bridgehead atoms. The normalized spacial score (nSPS) is 24.1. The van der Waals surface area contributed by atoms with Crippen molar-refractivity contribution in [3.8, 4) is 11.5 Å². The maximum atomic E-state index is 5.98. The minimum absolute atomic E-state index is 0.0960. The molecule has 0 amide bonds. The molecule has 1 fully saturated rings. The number of rotatable bonds is 2. The molecule has 1 aliphatic heterocycles. The van der Waals surface area contributed by atoms with Gasteiger partial charge in [-0.3, -0.25) is 0 Å². The van der Waals surface area contributed by atoms with Crippen LogP contribution in [0.3, 0.4) is 0 Å². The second kappa shape index (κ2) is 4.42. The summed E-state index contributed by atoms with van der Waals surface area (Å²) in [7, 11) is 0. The molecule has 0 spiro atoms. The van der Waals surface area contributed by atoms with Crippen LogP contribution in [0.5, 0.6) is 0 Å². The minimum atomic E-state index is 0.0960. The Bertz CT molecular complexity index is 502. The molecule has 0 radical (unpaired) electrons. The van der Waals surface area contributed by atoms with E-state index in [0.29, 0.717) is 17.4 Å². The second-order valence-corrected chi connectivity index (χ2v) is 4.93. The van der Waals surface area contributed by atoms with Crippen LogP contribution in [0, 0.1) is 0 Å². The third-order valence-corrected chi connectivity index (χ3v) is 3.91. The van der Waals surface area contributed by atoms with Crippen LogP contribution in [0.15, 0.2) is 23.1 Å². The van der Waals surface area contributed by atoms with Crippen molar-refractivity contribution in [2.24, 2.45) is 5.73 Å². The van der Waals surface area contributed by atoms with Gasteiger partial charge in [0.2, 0.25) is 11.7 Å². The Balaban J connectivity index is 1.88. The smallest absolute Gasteiger partial charge is 0.232 e. The van der Waals surface area contributed by atoms with Gasteiger partial charge in [0.05, 0.1) is 5.92 Å². The zero-order valence-corrected chi connectivity index (χ0v) is 9.80. The van der Waals surface area contributed by atoms with E-state index in [4.69, 9.17) is 10.3 Å². The van der Waals surface area contributed by atoms with Crippen LogP contribution in [0.4, 0.5) is 0 Å². The van der Waals surface area contributed by atoms with Gasteiger partial charge in [0.25, 0.3) is 0 Å². The first-order chi connectivity index (χ1) is 8.34. The summed E-state index contributed by atoms with van der Waals surface area (Å²) in [6.07, 6.45) is 3.11. The summed E-state index contributed by atoms with van der Waals surface area (Å²) >= 11 is 1.81. The Morgan fingerprint density at radius 3 is 3.06 bits per heavy atom. The molecule has 2 unspecified atom stereocenters. The highest BCUT2D eigenvalue weighted by Gasteiger charge is 2.31. The van der Waals surface area contributed by atoms with Crippen molar-refractivity contribution in [1.29, 1.82) is 0 Å². The van der Waals surface area contributed by atoms with E-state index in [1.165, 1.54) is 6.33 Å². The summed E-state index contributed by atoms with van der Waals surface area (Å²) in [5.74, 6) is 3.13. The maximum Gasteiger partial charge on any atom is 0.232 e. The van der Waals surface area contributed by atoms with Crippen molar-refractivity contribution < 1.29 is 4.52 Å². The van der Waals surface area contributed by atoms with E-state index in [9.17, 15) is 0 Å². The Labute approximate surface area is 102 Å². The van der Waals surface area contributed by atoms with Crippen molar-refractivity contribution in [2.45, 2.75) is 12.0 Å². The molecule has 3 rings (SSSR count). The Kier molecular flexibility index (Phi) is 2.77. The lowest BCUT2D eigenvalue weighted by Gasteiger charge is -2.07. The van der Waals surface area contributed by atoms with Crippen molar-refractivity contribution >= 4 is 11.8 Å². The van der Waals surface area contributed by atoms with E-state index in [2.05, 4.69) is 20.1 Å². The van der Waals surface area contributed by atoms with E-state index >= 15 is 0 Å². The summed E-state index contributed by atoms with van der Waals surface area (Å²) < 4.78 is 5.26. The fourth-order valence-electron chi connectivity index (χ4n) is 1.74. The molecule has 6 nitrogen and oxygen atoms in total. The Morgan fingerprint density at radius 2 is 2.35 bits per heavy atom. The minimum Gasteiger partial charge on any atom is -0.339 e. The van der Waals surface area contributed by atoms with Gasteiger partial charge in [-0.1, -0.05) is 5.16 Å². The van der Waals surface area contributed by atoms with Gasteiger partial charge in [-0.2, -0.15) is 16.7 Å². The average Bonchev–Trinajstić information content (AvgIpc) is 2.98. The van der Waals surface area contributed by atoms with Gasteiger partial charge in [0.15, 0.2) is 0 Å². The quantitative estimate of drug-likeness (QED) is 0.837. The summed E-state index contributed by atoms with van der Waals surface area (Å²) in [5, 5.41) is 3.92. The molecule has 2 N–H and O–H groups in total. The van der Waals surface area contributed by atoms with E-state index in [1.54, 1.807) is 12.3 Å². The second-order valence-electron chi connectivity index (χ2n) is 3.86. The molecule has 2 aromatic rings. The van der Waals surface area contributed by atoms with Gasteiger partial charge in [0, 0.05) is 23.7 Å². The SMILES string of the molecule is NC1CSCC1c1nc(-c2ccncn2)no1. The van der Waals surface area contributed by atoms with Crippen LogP contribution in [0.2, 0.25) is 0 Å². The van der Waals surface area contributed by atoms with Crippen LogP contribution in [-0.2, 0) is 0 Å². The largest absolute Gasteiger partial charge is 0.339 e. The fraction of sp³-hybridized carbons (Fsp3) is 0.400. The topological polar surface area (TPSA) is 90.7 Å². The van der Waals surface area contributed by atoms with Crippen molar-refractivity contribution in [3.05, 3.63) is 24.5 Å². The predicted molar refractivity (Wildman–Crippen MR) is 63.4 cm³/mol. The molecule has 2 atom stereocenters. The number of thioether (sulfide) groups is 1. The predicted octanol–water partition coefficient (Wildman–Crippen LogP) is 0.684. The van der Waals surface area contributed by atoms with Crippen molar-refractivity contribution in [3.63, 3.8) is 0 Å².